The minimum Gasteiger partial charge on any atom is -0.436 e. The minimum absolute atomic E-state index is 0.298. The number of oxazole rings is 1. The van der Waals surface area contributed by atoms with Gasteiger partial charge in [-0.25, -0.2) is 9.37 Å². The Balaban J connectivity index is 2.03. The standard InChI is InChI=1S/C15H11FN2O/c1-10-5-6-17-8-13(10)15-18-9-14(19-15)11-3-2-4-12(16)7-11/h2-9H,1H3. The number of hydrogen-bond acceptors (Lipinski definition) is 3. The molecular weight excluding hydrogens is 243 g/mol. The van der Waals surface area contributed by atoms with Crippen LogP contribution in [0.3, 0.4) is 0 Å². The quantitative estimate of drug-likeness (QED) is 0.697. The number of aromatic nitrogens is 2. The molecule has 0 atom stereocenters. The first-order valence-corrected chi connectivity index (χ1v) is 5.87. The molecule has 0 bridgehead atoms. The first-order valence-electron chi connectivity index (χ1n) is 5.87. The summed E-state index contributed by atoms with van der Waals surface area (Å²) in [7, 11) is 0. The summed E-state index contributed by atoms with van der Waals surface area (Å²) in [5.74, 6) is 0.732. The van der Waals surface area contributed by atoms with Gasteiger partial charge in [0, 0.05) is 18.0 Å². The van der Waals surface area contributed by atoms with Crippen LogP contribution in [0.25, 0.3) is 22.8 Å². The molecular formula is C15H11FN2O. The maximum absolute atomic E-state index is 13.2. The third-order valence-electron chi connectivity index (χ3n) is 2.88. The molecule has 3 nitrogen and oxygen atoms in total. The first-order chi connectivity index (χ1) is 9.24. The van der Waals surface area contributed by atoms with Gasteiger partial charge >= 0.3 is 0 Å². The first kappa shape index (κ1) is 11.6. The highest BCUT2D eigenvalue weighted by Crippen LogP contribution is 2.27. The molecule has 2 aromatic heterocycles. The number of aryl methyl sites for hydroxylation is 1. The number of benzene rings is 1. The molecule has 1 aromatic carbocycles. The fourth-order valence-electron chi connectivity index (χ4n) is 1.86. The van der Waals surface area contributed by atoms with Gasteiger partial charge in [0.25, 0.3) is 0 Å². The van der Waals surface area contributed by atoms with Crippen LogP contribution in [0.5, 0.6) is 0 Å². The van der Waals surface area contributed by atoms with Crippen molar-refractivity contribution >= 4 is 0 Å². The Morgan fingerprint density at radius 1 is 1.16 bits per heavy atom. The van der Waals surface area contributed by atoms with Crippen LogP contribution in [0.2, 0.25) is 0 Å². The SMILES string of the molecule is Cc1ccncc1-c1ncc(-c2cccc(F)c2)o1. The highest BCUT2D eigenvalue weighted by molar-refractivity contribution is 5.62. The summed E-state index contributed by atoms with van der Waals surface area (Å²) in [4.78, 5) is 8.28. The number of pyridine rings is 1. The topological polar surface area (TPSA) is 38.9 Å². The Kier molecular flexibility index (Phi) is 2.83. The molecule has 0 radical (unpaired) electrons. The summed E-state index contributed by atoms with van der Waals surface area (Å²) in [6.07, 6.45) is 5.02. The predicted molar refractivity (Wildman–Crippen MR) is 69.9 cm³/mol. The normalized spacial score (nSPS) is 10.6. The molecule has 0 saturated carbocycles. The van der Waals surface area contributed by atoms with Crippen LogP contribution in [-0.2, 0) is 0 Å². The zero-order valence-corrected chi connectivity index (χ0v) is 10.3. The Hall–Kier alpha value is -2.49. The van der Waals surface area contributed by atoms with Gasteiger partial charge in [-0.2, -0.15) is 0 Å². The van der Waals surface area contributed by atoms with Gasteiger partial charge in [-0.05, 0) is 30.7 Å². The van der Waals surface area contributed by atoms with Crippen molar-refractivity contribution in [3.8, 4) is 22.8 Å². The lowest BCUT2D eigenvalue weighted by Gasteiger charge is -1.99. The molecule has 3 aromatic rings. The molecule has 0 fully saturated rings. The van der Waals surface area contributed by atoms with Gasteiger partial charge in [-0.3, -0.25) is 4.98 Å². The Bertz CT molecular complexity index is 721. The predicted octanol–water partition coefficient (Wildman–Crippen LogP) is 3.85. The third-order valence-corrected chi connectivity index (χ3v) is 2.88. The Morgan fingerprint density at radius 3 is 2.84 bits per heavy atom. The van der Waals surface area contributed by atoms with Crippen LogP contribution in [0.15, 0.2) is 53.3 Å². The van der Waals surface area contributed by atoms with E-state index in [0.717, 1.165) is 11.1 Å². The summed E-state index contributed by atoms with van der Waals surface area (Å²) in [6.45, 7) is 1.96. The van der Waals surface area contributed by atoms with Crippen molar-refractivity contribution in [1.29, 1.82) is 0 Å². The molecule has 0 amide bonds. The molecule has 3 rings (SSSR count). The van der Waals surface area contributed by atoms with E-state index < -0.39 is 0 Å². The minimum atomic E-state index is -0.298. The fourth-order valence-corrected chi connectivity index (χ4v) is 1.86. The molecule has 0 aliphatic rings. The fraction of sp³-hybridized carbons (Fsp3) is 0.0667. The number of rotatable bonds is 2. The van der Waals surface area contributed by atoms with Crippen LogP contribution in [0.4, 0.5) is 4.39 Å². The van der Waals surface area contributed by atoms with E-state index in [4.69, 9.17) is 4.42 Å². The van der Waals surface area contributed by atoms with E-state index in [1.165, 1.54) is 12.1 Å². The number of nitrogens with zero attached hydrogens (tertiary/aromatic N) is 2. The van der Waals surface area contributed by atoms with E-state index in [1.54, 1.807) is 30.7 Å². The molecule has 4 heteroatoms. The number of halogens is 1. The number of hydrogen-bond donors (Lipinski definition) is 0. The van der Waals surface area contributed by atoms with Crippen molar-refractivity contribution in [3.63, 3.8) is 0 Å². The zero-order valence-electron chi connectivity index (χ0n) is 10.3. The smallest absolute Gasteiger partial charge is 0.228 e. The van der Waals surface area contributed by atoms with Crippen molar-refractivity contribution in [2.45, 2.75) is 6.92 Å². The van der Waals surface area contributed by atoms with Crippen LogP contribution < -0.4 is 0 Å². The van der Waals surface area contributed by atoms with Crippen molar-refractivity contribution in [3.05, 3.63) is 60.3 Å². The van der Waals surface area contributed by atoms with Crippen molar-refractivity contribution in [2.24, 2.45) is 0 Å². The Morgan fingerprint density at radius 2 is 2.05 bits per heavy atom. The highest BCUT2D eigenvalue weighted by atomic mass is 19.1. The van der Waals surface area contributed by atoms with Crippen LogP contribution in [-0.4, -0.2) is 9.97 Å². The summed E-state index contributed by atoms with van der Waals surface area (Å²) < 4.78 is 18.8. The molecule has 0 spiro atoms. The van der Waals surface area contributed by atoms with Gasteiger partial charge in [0.05, 0.1) is 11.8 Å². The summed E-state index contributed by atoms with van der Waals surface area (Å²) in [5, 5.41) is 0. The highest BCUT2D eigenvalue weighted by Gasteiger charge is 2.10. The maximum Gasteiger partial charge on any atom is 0.228 e. The molecule has 0 aliphatic heterocycles. The third kappa shape index (κ3) is 2.25. The lowest BCUT2D eigenvalue weighted by Crippen LogP contribution is -1.83. The van der Waals surface area contributed by atoms with E-state index in [0.29, 0.717) is 17.2 Å². The summed E-state index contributed by atoms with van der Waals surface area (Å²) in [6, 6.07) is 8.12. The monoisotopic (exact) mass is 254 g/mol. The van der Waals surface area contributed by atoms with Gasteiger partial charge in [0.2, 0.25) is 5.89 Å². The van der Waals surface area contributed by atoms with E-state index in [1.807, 2.05) is 13.0 Å². The molecule has 0 N–H and O–H groups in total. The van der Waals surface area contributed by atoms with Gasteiger partial charge in [0.15, 0.2) is 5.76 Å². The van der Waals surface area contributed by atoms with Gasteiger partial charge < -0.3 is 4.42 Å². The van der Waals surface area contributed by atoms with Crippen molar-refractivity contribution in [2.75, 3.05) is 0 Å². The van der Waals surface area contributed by atoms with Gasteiger partial charge in [0.1, 0.15) is 5.82 Å². The maximum atomic E-state index is 13.2. The molecule has 2 heterocycles. The van der Waals surface area contributed by atoms with Crippen molar-refractivity contribution < 1.29 is 8.81 Å². The second-order valence-electron chi connectivity index (χ2n) is 4.23. The van der Waals surface area contributed by atoms with Crippen LogP contribution in [0, 0.1) is 12.7 Å². The lowest BCUT2D eigenvalue weighted by atomic mass is 10.2. The summed E-state index contributed by atoms with van der Waals surface area (Å²) >= 11 is 0. The van der Waals surface area contributed by atoms with Crippen LogP contribution >= 0.6 is 0 Å². The van der Waals surface area contributed by atoms with Crippen molar-refractivity contribution in [1.82, 2.24) is 9.97 Å². The van der Waals surface area contributed by atoms with Gasteiger partial charge in [-0.1, -0.05) is 12.1 Å². The molecule has 0 aliphatic carbocycles. The molecule has 94 valence electrons. The largest absolute Gasteiger partial charge is 0.436 e. The van der Waals surface area contributed by atoms with E-state index >= 15 is 0 Å². The molecule has 0 saturated heterocycles. The van der Waals surface area contributed by atoms with E-state index in [-0.39, 0.29) is 5.82 Å². The van der Waals surface area contributed by atoms with E-state index in [9.17, 15) is 4.39 Å². The molecule has 0 unspecified atom stereocenters. The average molecular weight is 254 g/mol. The summed E-state index contributed by atoms with van der Waals surface area (Å²) in [5.41, 5.74) is 2.54. The van der Waals surface area contributed by atoms with E-state index in [2.05, 4.69) is 9.97 Å². The second kappa shape index (κ2) is 4.65. The average Bonchev–Trinajstić information content (AvgIpc) is 2.89. The zero-order chi connectivity index (χ0) is 13.2. The van der Waals surface area contributed by atoms with Gasteiger partial charge in [-0.15, -0.1) is 0 Å². The van der Waals surface area contributed by atoms with Crippen LogP contribution in [0.1, 0.15) is 5.56 Å². The lowest BCUT2D eigenvalue weighted by molar-refractivity contribution is 0.585. The Labute approximate surface area is 109 Å². The second-order valence-corrected chi connectivity index (χ2v) is 4.23. The molecule has 19 heavy (non-hydrogen) atoms.